The molecule has 2 atom stereocenters. The van der Waals surface area contributed by atoms with Crippen LogP contribution in [0.1, 0.15) is 18.4 Å². The second-order valence-electron chi connectivity index (χ2n) is 5.42. The molecule has 2 aliphatic rings. The second kappa shape index (κ2) is 4.68. The first-order chi connectivity index (χ1) is 9.38. The molecule has 0 spiro atoms. The van der Waals surface area contributed by atoms with Gasteiger partial charge in [-0.25, -0.2) is 12.8 Å². The highest BCUT2D eigenvalue weighted by atomic mass is 32.2. The van der Waals surface area contributed by atoms with Gasteiger partial charge >= 0.3 is 0 Å². The average Bonchev–Trinajstić information content (AvgIpc) is 2.72. The van der Waals surface area contributed by atoms with Gasteiger partial charge in [0.15, 0.2) is 0 Å². The molecule has 7 heteroatoms. The minimum Gasteiger partial charge on any atom is -0.398 e. The lowest BCUT2D eigenvalue weighted by Crippen LogP contribution is -2.45. The number of halogens is 1. The van der Waals surface area contributed by atoms with E-state index in [0.29, 0.717) is 5.56 Å². The minimum absolute atomic E-state index is 0.0746. The number of nitrogen functional groups attached to an aromatic ring is 1. The molecule has 2 heterocycles. The Morgan fingerprint density at radius 1 is 1.30 bits per heavy atom. The van der Waals surface area contributed by atoms with Crippen molar-refractivity contribution in [3.05, 3.63) is 23.5 Å². The molecule has 0 amide bonds. The number of fused-ring (bicyclic) bond motifs is 2. The number of rotatable bonds is 2. The highest BCUT2D eigenvalue weighted by Crippen LogP contribution is 2.31. The summed E-state index contributed by atoms with van der Waals surface area (Å²) in [5.41, 5.74) is 6.52. The van der Waals surface area contributed by atoms with Crippen molar-refractivity contribution in [1.29, 1.82) is 0 Å². The first-order valence-corrected chi connectivity index (χ1v) is 8.03. The van der Waals surface area contributed by atoms with Crippen molar-refractivity contribution in [2.45, 2.75) is 36.9 Å². The van der Waals surface area contributed by atoms with E-state index >= 15 is 0 Å². The van der Waals surface area contributed by atoms with E-state index in [4.69, 9.17) is 10.5 Å². The molecule has 5 nitrogen and oxygen atoms in total. The number of ether oxygens (including phenoxy) is 1. The summed E-state index contributed by atoms with van der Waals surface area (Å²) in [5, 5.41) is 0. The first kappa shape index (κ1) is 13.8. The van der Waals surface area contributed by atoms with Gasteiger partial charge in [-0.3, -0.25) is 0 Å². The number of sulfonamides is 1. The molecule has 1 aromatic carbocycles. The summed E-state index contributed by atoms with van der Waals surface area (Å²) in [4.78, 5) is -0.345. The maximum atomic E-state index is 14.0. The monoisotopic (exact) mass is 300 g/mol. The van der Waals surface area contributed by atoms with Crippen LogP contribution in [0.5, 0.6) is 0 Å². The Labute approximate surface area is 117 Å². The number of aryl methyl sites for hydroxylation is 1. The fourth-order valence-corrected chi connectivity index (χ4v) is 4.36. The Kier molecular flexibility index (Phi) is 3.23. The number of benzene rings is 1. The maximum Gasteiger partial charge on any atom is 0.246 e. The van der Waals surface area contributed by atoms with E-state index in [1.54, 1.807) is 6.92 Å². The van der Waals surface area contributed by atoms with Gasteiger partial charge in [0, 0.05) is 18.8 Å². The van der Waals surface area contributed by atoms with Gasteiger partial charge in [-0.15, -0.1) is 0 Å². The second-order valence-corrected chi connectivity index (χ2v) is 7.33. The van der Waals surface area contributed by atoms with E-state index in [0.717, 1.165) is 18.9 Å². The number of nitrogens with zero attached hydrogens (tertiary/aromatic N) is 1. The third-order valence-electron chi connectivity index (χ3n) is 3.95. The number of anilines is 1. The SMILES string of the molecule is Cc1cc(F)c(S(=O)(=O)N2CC3CCC(C2)O3)cc1N. The third kappa shape index (κ3) is 2.19. The van der Waals surface area contributed by atoms with E-state index in [2.05, 4.69) is 0 Å². The van der Waals surface area contributed by atoms with Crippen LogP contribution in [0.15, 0.2) is 17.0 Å². The number of nitrogens with two attached hydrogens (primary N) is 1. The summed E-state index contributed by atoms with van der Waals surface area (Å²) in [6.45, 7) is 2.21. The lowest BCUT2D eigenvalue weighted by atomic mass is 10.2. The maximum absolute atomic E-state index is 14.0. The van der Waals surface area contributed by atoms with Crippen LogP contribution in [0.25, 0.3) is 0 Å². The molecule has 2 aliphatic heterocycles. The molecule has 2 fully saturated rings. The molecular weight excluding hydrogens is 283 g/mol. The van der Waals surface area contributed by atoms with Gasteiger partial charge < -0.3 is 10.5 Å². The highest BCUT2D eigenvalue weighted by Gasteiger charge is 2.40. The normalized spacial score (nSPS) is 26.9. The van der Waals surface area contributed by atoms with Gasteiger partial charge in [0.05, 0.1) is 12.2 Å². The summed E-state index contributed by atoms with van der Waals surface area (Å²) < 4.78 is 46.0. The van der Waals surface area contributed by atoms with Gasteiger partial charge in [0.2, 0.25) is 10.0 Å². The highest BCUT2D eigenvalue weighted by molar-refractivity contribution is 7.89. The van der Waals surface area contributed by atoms with Gasteiger partial charge in [-0.05, 0) is 37.5 Å². The summed E-state index contributed by atoms with van der Waals surface area (Å²) in [6.07, 6.45) is 1.56. The quantitative estimate of drug-likeness (QED) is 0.835. The van der Waals surface area contributed by atoms with Crippen molar-refractivity contribution < 1.29 is 17.5 Å². The lowest BCUT2D eigenvalue weighted by Gasteiger charge is -2.31. The molecule has 0 radical (unpaired) electrons. The predicted molar refractivity (Wildman–Crippen MR) is 72.2 cm³/mol. The third-order valence-corrected chi connectivity index (χ3v) is 5.80. The summed E-state index contributed by atoms with van der Waals surface area (Å²) in [5.74, 6) is -0.754. The topological polar surface area (TPSA) is 72.6 Å². The Bertz CT molecular complexity index is 635. The molecule has 2 saturated heterocycles. The standard InChI is InChI=1S/C13H17FN2O3S/c1-8-4-11(14)13(5-12(8)15)20(17,18)16-6-9-2-3-10(7-16)19-9/h4-5,9-10H,2-3,6-7,15H2,1H3. The van der Waals surface area contributed by atoms with Gasteiger partial charge in [0.25, 0.3) is 0 Å². The summed E-state index contributed by atoms with van der Waals surface area (Å²) >= 11 is 0. The Morgan fingerprint density at radius 3 is 2.50 bits per heavy atom. The van der Waals surface area contributed by atoms with Crippen LogP contribution in [0.4, 0.5) is 10.1 Å². The summed E-state index contributed by atoms with van der Waals surface area (Å²) in [6, 6.07) is 2.37. The predicted octanol–water partition coefficient (Wildman–Crippen LogP) is 1.27. The molecule has 2 bridgehead atoms. The molecule has 110 valence electrons. The van der Waals surface area contributed by atoms with Crippen LogP contribution < -0.4 is 5.73 Å². The Balaban J connectivity index is 1.98. The molecule has 0 aromatic heterocycles. The Hall–Kier alpha value is -1.18. The fraction of sp³-hybridized carbons (Fsp3) is 0.538. The average molecular weight is 300 g/mol. The van der Waals surface area contributed by atoms with Crippen molar-refractivity contribution >= 4 is 15.7 Å². The van der Waals surface area contributed by atoms with E-state index in [9.17, 15) is 12.8 Å². The minimum atomic E-state index is -3.86. The van der Waals surface area contributed by atoms with Crippen molar-refractivity contribution in [1.82, 2.24) is 4.31 Å². The van der Waals surface area contributed by atoms with Crippen molar-refractivity contribution in [3.8, 4) is 0 Å². The number of morpholine rings is 1. The van der Waals surface area contributed by atoms with Crippen molar-refractivity contribution in [3.63, 3.8) is 0 Å². The molecule has 0 aliphatic carbocycles. The van der Waals surface area contributed by atoms with Crippen molar-refractivity contribution in [2.24, 2.45) is 0 Å². The summed E-state index contributed by atoms with van der Waals surface area (Å²) in [7, 11) is -3.86. The molecule has 2 N–H and O–H groups in total. The van der Waals surface area contributed by atoms with Crippen LogP contribution >= 0.6 is 0 Å². The fourth-order valence-electron chi connectivity index (χ4n) is 2.78. The molecule has 3 rings (SSSR count). The molecular formula is C13H17FN2O3S. The zero-order chi connectivity index (χ0) is 14.5. The number of hydrogen-bond acceptors (Lipinski definition) is 4. The molecule has 2 unspecified atom stereocenters. The molecule has 20 heavy (non-hydrogen) atoms. The van der Waals surface area contributed by atoms with Crippen LogP contribution in [0, 0.1) is 12.7 Å². The smallest absolute Gasteiger partial charge is 0.246 e. The molecule has 0 saturated carbocycles. The van der Waals surface area contributed by atoms with E-state index < -0.39 is 15.8 Å². The largest absolute Gasteiger partial charge is 0.398 e. The van der Waals surface area contributed by atoms with Gasteiger partial charge in [-0.1, -0.05) is 0 Å². The van der Waals surface area contributed by atoms with Crippen molar-refractivity contribution in [2.75, 3.05) is 18.8 Å². The number of hydrogen-bond donors (Lipinski definition) is 1. The lowest BCUT2D eigenvalue weighted by molar-refractivity contribution is -0.0115. The zero-order valence-corrected chi connectivity index (χ0v) is 12.0. The Morgan fingerprint density at radius 2 is 1.90 bits per heavy atom. The van der Waals surface area contributed by atoms with E-state index in [-0.39, 0.29) is 35.9 Å². The van der Waals surface area contributed by atoms with E-state index in [1.165, 1.54) is 10.4 Å². The zero-order valence-electron chi connectivity index (χ0n) is 11.2. The van der Waals surface area contributed by atoms with Gasteiger partial charge in [-0.2, -0.15) is 4.31 Å². The van der Waals surface area contributed by atoms with Gasteiger partial charge in [0.1, 0.15) is 10.7 Å². The molecule has 1 aromatic rings. The van der Waals surface area contributed by atoms with Crippen LogP contribution in [-0.2, 0) is 14.8 Å². The van der Waals surface area contributed by atoms with E-state index in [1.807, 2.05) is 0 Å². The van der Waals surface area contributed by atoms with Crippen LogP contribution in [-0.4, -0.2) is 38.0 Å². The van der Waals surface area contributed by atoms with Crippen LogP contribution in [0.3, 0.4) is 0 Å². The van der Waals surface area contributed by atoms with Crippen LogP contribution in [0.2, 0.25) is 0 Å². The first-order valence-electron chi connectivity index (χ1n) is 6.59.